The molecule has 1 aromatic carbocycles. The van der Waals surface area contributed by atoms with Crippen molar-refractivity contribution in [2.75, 3.05) is 4.90 Å². The van der Waals surface area contributed by atoms with Gasteiger partial charge < -0.3 is 23.5 Å². The number of nitrogens with zero attached hydrogens (tertiary/aromatic N) is 2. The molecule has 2 amide bonds. The number of carbonyl (C=O) groups excluding carboxylic acids is 2. The zero-order chi connectivity index (χ0) is 32.0. The van der Waals surface area contributed by atoms with Crippen LogP contribution in [0.25, 0.3) is 0 Å². The normalized spacial score (nSPS) is 17.0. The van der Waals surface area contributed by atoms with E-state index in [-0.39, 0.29) is 27.2 Å². The minimum Gasteiger partial charge on any atom is -0.482 e. The topological polar surface area (TPSA) is 96.4 Å². The van der Waals surface area contributed by atoms with Gasteiger partial charge >= 0.3 is 19.3 Å². The fourth-order valence-corrected chi connectivity index (χ4v) is 4.52. The van der Waals surface area contributed by atoms with Gasteiger partial charge in [-0.05, 0) is 94.4 Å². The van der Waals surface area contributed by atoms with Crippen LogP contribution in [-0.2, 0) is 18.8 Å². The predicted octanol–water partition coefficient (Wildman–Crippen LogP) is 7.64. The Hall–Kier alpha value is -2.60. The van der Waals surface area contributed by atoms with Crippen molar-refractivity contribution in [1.82, 2.24) is 4.98 Å². The van der Waals surface area contributed by atoms with E-state index in [2.05, 4.69) is 4.98 Å². The molecular formula is C29H38BCl2FN2O7. The molecule has 230 valence electrons. The number of aromatic nitrogens is 1. The van der Waals surface area contributed by atoms with Crippen LogP contribution < -0.4 is 15.1 Å². The molecule has 1 saturated heterocycles. The average molecular weight is 627 g/mol. The summed E-state index contributed by atoms with van der Waals surface area (Å²) in [5, 5.41) is -0.0792. The van der Waals surface area contributed by atoms with E-state index in [1.165, 1.54) is 18.3 Å². The Balaban J connectivity index is 2.19. The predicted molar refractivity (Wildman–Crippen MR) is 160 cm³/mol. The molecule has 9 nitrogen and oxygen atoms in total. The van der Waals surface area contributed by atoms with E-state index in [4.69, 9.17) is 46.7 Å². The van der Waals surface area contributed by atoms with Crippen molar-refractivity contribution in [2.24, 2.45) is 0 Å². The molecule has 1 aliphatic rings. The Morgan fingerprint density at radius 3 is 1.95 bits per heavy atom. The van der Waals surface area contributed by atoms with Crippen LogP contribution in [-0.4, -0.2) is 46.7 Å². The van der Waals surface area contributed by atoms with Crippen LogP contribution in [0, 0.1) is 5.82 Å². The summed E-state index contributed by atoms with van der Waals surface area (Å²) >= 11 is 12.6. The first-order valence-corrected chi connectivity index (χ1v) is 14.2. The lowest BCUT2D eigenvalue weighted by Crippen LogP contribution is -2.45. The summed E-state index contributed by atoms with van der Waals surface area (Å²) in [4.78, 5) is 31.9. The number of amides is 2. The smallest absolute Gasteiger partial charge is 0.482 e. The molecule has 1 aromatic heterocycles. The minimum absolute atomic E-state index is 0.0668. The van der Waals surface area contributed by atoms with Crippen LogP contribution in [0.4, 0.5) is 19.8 Å². The molecule has 0 radical (unpaired) electrons. The molecule has 42 heavy (non-hydrogen) atoms. The Morgan fingerprint density at radius 1 is 0.976 bits per heavy atom. The number of rotatable bonds is 5. The number of hydrogen-bond acceptors (Lipinski definition) is 8. The van der Waals surface area contributed by atoms with Gasteiger partial charge in [0.15, 0.2) is 11.6 Å². The van der Waals surface area contributed by atoms with E-state index in [1.807, 2.05) is 27.7 Å². The SMILES string of the molecule is C[C@@H](Oc1cc(B2OC(C)(C)C(C)(C)O2)cnc1N(C(=O)OC(C)(C)C)C(=O)OC(C)(C)C)c1c(Cl)ccc(F)c1Cl. The van der Waals surface area contributed by atoms with Gasteiger partial charge in [0.1, 0.15) is 23.1 Å². The standard InChI is InChI=1S/C29H38BCl2FN2O7/c1-16(21-18(31)12-13-19(33)22(21)32)38-20-14-17(30-41-28(8,9)29(10,11)42-30)15-34-23(20)35(24(36)39-26(2,3)4)25(37)40-27(5,6)7/h12-16H,1-11H3/t16-/m1/s1. The second kappa shape index (κ2) is 11.8. The lowest BCUT2D eigenvalue weighted by atomic mass is 9.80. The highest BCUT2D eigenvalue weighted by molar-refractivity contribution is 6.62. The molecule has 2 aromatic rings. The molecule has 0 saturated carbocycles. The Bertz CT molecular complexity index is 1310. The zero-order valence-electron chi connectivity index (χ0n) is 25.9. The molecule has 2 heterocycles. The average Bonchev–Trinajstić information content (AvgIpc) is 3.02. The van der Waals surface area contributed by atoms with E-state index >= 15 is 0 Å². The van der Waals surface area contributed by atoms with Gasteiger partial charge in [-0.2, -0.15) is 4.90 Å². The van der Waals surface area contributed by atoms with Gasteiger partial charge in [0.25, 0.3) is 0 Å². The number of carbonyl (C=O) groups is 2. The van der Waals surface area contributed by atoms with E-state index in [0.29, 0.717) is 10.4 Å². The number of anilines is 1. The quantitative estimate of drug-likeness (QED) is 0.247. The number of benzene rings is 1. The fourth-order valence-electron chi connectivity index (χ4n) is 3.84. The summed E-state index contributed by atoms with van der Waals surface area (Å²) in [5.74, 6) is -1.00. The lowest BCUT2D eigenvalue weighted by molar-refractivity contribution is 0.00578. The Kier molecular flexibility index (Phi) is 9.55. The molecule has 1 fully saturated rings. The first-order valence-electron chi connectivity index (χ1n) is 13.4. The molecule has 1 atom stereocenters. The Morgan fingerprint density at radius 2 is 1.48 bits per heavy atom. The highest BCUT2D eigenvalue weighted by Gasteiger charge is 2.52. The third kappa shape index (κ3) is 7.67. The summed E-state index contributed by atoms with van der Waals surface area (Å²) in [7, 11) is -0.855. The van der Waals surface area contributed by atoms with Gasteiger partial charge in [-0.3, -0.25) is 0 Å². The molecule has 0 spiro atoms. The van der Waals surface area contributed by atoms with E-state index in [9.17, 15) is 14.0 Å². The van der Waals surface area contributed by atoms with Gasteiger partial charge in [0.05, 0.1) is 16.2 Å². The number of hydrogen-bond donors (Lipinski definition) is 0. The summed E-state index contributed by atoms with van der Waals surface area (Å²) < 4.78 is 44.0. The highest BCUT2D eigenvalue weighted by Crippen LogP contribution is 2.39. The first-order chi connectivity index (χ1) is 19.0. The molecular weight excluding hydrogens is 589 g/mol. The molecule has 1 aliphatic heterocycles. The summed E-state index contributed by atoms with van der Waals surface area (Å²) in [6.45, 7) is 19.1. The molecule has 0 N–H and O–H groups in total. The van der Waals surface area contributed by atoms with Gasteiger partial charge in [0.2, 0.25) is 0 Å². The van der Waals surface area contributed by atoms with Gasteiger partial charge in [0, 0.05) is 22.2 Å². The van der Waals surface area contributed by atoms with Crippen LogP contribution in [0.5, 0.6) is 5.75 Å². The van der Waals surface area contributed by atoms with Gasteiger partial charge in [-0.25, -0.2) is 19.0 Å². The van der Waals surface area contributed by atoms with E-state index < -0.39 is 53.6 Å². The number of halogens is 3. The Labute approximate surface area is 257 Å². The molecule has 0 unspecified atom stereocenters. The third-order valence-corrected chi connectivity index (χ3v) is 7.25. The number of ether oxygens (including phenoxy) is 3. The van der Waals surface area contributed by atoms with Crippen LogP contribution in [0.1, 0.15) is 87.8 Å². The van der Waals surface area contributed by atoms with Crippen LogP contribution in [0.15, 0.2) is 24.4 Å². The second-order valence-electron chi connectivity index (χ2n) is 13.0. The fraction of sp³-hybridized carbons (Fsp3) is 0.552. The molecule has 3 rings (SSSR count). The van der Waals surface area contributed by atoms with Crippen LogP contribution >= 0.6 is 23.2 Å². The second-order valence-corrected chi connectivity index (χ2v) is 13.8. The first kappa shape index (κ1) is 33.9. The molecule has 0 aliphatic carbocycles. The lowest BCUT2D eigenvalue weighted by Gasteiger charge is -2.32. The summed E-state index contributed by atoms with van der Waals surface area (Å²) in [6, 6.07) is 4.01. The number of pyridine rings is 1. The van der Waals surface area contributed by atoms with Crippen molar-refractivity contribution in [3.63, 3.8) is 0 Å². The maximum Gasteiger partial charge on any atom is 0.496 e. The maximum atomic E-state index is 14.4. The highest BCUT2D eigenvalue weighted by atomic mass is 35.5. The summed E-state index contributed by atoms with van der Waals surface area (Å²) in [5.41, 5.74) is -2.65. The molecule has 13 heteroatoms. The maximum absolute atomic E-state index is 14.4. The molecule has 0 bridgehead atoms. The van der Waals surface area contributed by atoms with Crippen molar-refractivity contribution in [2.45, 2.75) is 105 Å². The van der Waals surface area contributed by atoms with Gasteiger partial charge in [-0.1, -0.05) is 23.2 Å². The minimum atomic E-state index is -1.05. The van der Waals surface area contributed by atoms with Crippen molar-refractivity contribution in [3.8, 4) is 5.75 Å². The van der Waals surface area contributed by atoms with E-state index in [0.717, 1.165) is 6.07 Å². The van der Waals surface area contributed by atoms with Gasteiger partial charge in [-0.15, -0.1) is 0 Å². The van der Waals surface area contributed by atoms with Crippen LogP contribution in [0.2, 0.25) is 10.0 Å². The third-order valence-electron chi connectivity index (χ3n) is 6.53. The summed E-state index contributed by atoms with van der Waals surface area (Å²) in [6.07, 6.45) is -1.66. The number of imide groups is 1. The van der Waals surface area contributed by atoms with Crippen molar-refractivity contribution < 1.29 is 37.5 Å². The zero-order valence-corrected chi connectivity index (χ0v) is 27.4. The van der Waals surface area contributed by atoms with Crippen molar-refractivity contribution in [1.29, 1.82) is 0 Å². The van der Waals surface area contributed by atoms with E-state index in [1.54, 1.807) is 48.5 Å². The van der Waals surface area contributed by atoms with Crippen molar-refractivity contribution >= 4 is 53.8 Å². The van der Waals surface area contributed by atoms with Crippen molar-refractivity contribution in [3.05, 3.63) is 45.8 Å². The van der Waals surface area contributed by atoms with Crippen LogP contribution in [0.3, 0.4) is 0 Å². The monoisotopic (exact) mass is 626 g/mol. The largest absolute Gasteiger partial charge is 0.496 e.